The van der Waals surface area contributed by atoms with Gasteiger partial charge in [-0.15, -0.1) is 11.3 Å². The van der Waals surface area contributed by atoms with E-state index in [0.29, 0.717) is 18.1 Å². The molecule has 2 aromatic heterocycles. The number of hydrogen-bond acceptors (Lipinski definition) is 7. The molecule has 2 aromatic rings. The average Bonchev–Trinajstić information content (AvgIpc) is 3.12. The number of nitrogens with zero attached hydrogens (tertiary/aromatic N) is 3. The maximum absolute atomic E-state index is 13.0. The van der Waals surface area contributed by atoms with Gasteiger partial charge in [-0.25, -0.2) is 14.3 Å². The lowest BCUT2D eigenvalue weighted by molar-refractivity contribution is -0.0115. The second kappa shape index (κ2) is 4.65. The third-order valence-corrected chi connectivity index (χ3v) is 6.56. The van der Waals surface area contributed by atoms with E-state index < -0.39 is 10.0 Å². The van der Waals surface area contributed by atoms with Gasteiger partial charge in [0.05, 0.1) is 12.2 Å². The molecule has 10 heteroatoms. The summed E-state index contributed by atoms with van der Waals surface area (Å²) in [5.41, 5.74) is 2.39. The molecule has 0 aliphatic carbocycles. The number of fused-ring (bicyclic) bond motifs is 3. The van der Waals surface area contributed by atoms with Crippen molar-refractivity contribution in [3.63, 3.8) is 0 Å². The zero-order valence-electron chi connectivity index (χ0n) is 11.1. The van der Waals surface area contributed by atoms with Gasteiger partial charge in [0.25, 0.3) is 10.0 Å². The van der Waals surface area contributed by atoms with Crippen LogP contribution >= 0.6 is 11.3 Å². The Morgan fingerprint density at radius 1 is 1.38 bits per heavy atom. The number of thiazole rings is 1. The van der Waals surface area contributed by atoms with Gasteiger partial charge in [0.2, 0.25) is 5.03 Å². The van der Waals surface area contributed by atoms with Crippen LogP contribution < -0.4 is 11.3 Å². The van der Waals surface area contributed by atoms with Crippen molar-refractivity contribution < 1.29 is 13.2 Å². The molecule has 114 valence electrons. The van der Waals surface area contributed by atoms with E-state index in [2.05, 4.69) is 10.4 Å². The number of aromatic nitrogens is 2. The van der Waals surface area contributed by atoms with Crippen LogP contribution in [-0.2, 0) is 14.8 Å². The molecule has 8 nitrogen and oxygen atoms in total. The molecule has 2 unspecified atom stereocenters. The van der Waals surface area contributed by atoms with Gasteiger partial charge >= 0.3 is 0 Å². The standard InChI is InChI=1S/C11H15N5O3S2/c12-14-9-10(16-3-4-20-11(16)13-9)21(17,18)15-5-7-1-2-8(6-15)19-7/h3-4,7-8,14H,1-2,5-6,12H2. The summed E-state index contributed by atoms with van der Waals surface area (Å²) in [4.78, 5) is 4.81. The Morgan fingerprint density at radius 2 is 2.10 bits per heavy atom. The molecule has 21 heavy (non-hydrogen) atoms. The molecular weight excluding hydrogens is 314 g/mol. The lowest BCUT2D eigenvalue weighted by atomic mass is 10.2. The first-order valence-corrected chi connectivity index (χ1v) is 8.99. The Bertz CT molecular complexity index is 771. The lowest BCUT2D eigenvalue weighted by Gasteiger charge is -2.31. The fourth-order valence-corrected chi connectivity index (χ4v) is 5.49. The highest BCUT2D eigenvalue weighted by Gasteiger charge is 2.41. The van der Waals surface area contributed by atoms with Crippen LogP contribution in [0.2, 0.25) is 0 Å². The van der Waals surface area contributed by atoms with Gasteiger partial charge in [-0.1, -0.05) is 0 Å². The summed E-state index contributed by atoms with van der Waals surface area (Å²) < 4.78 is 34.7. The number of nitrogens with one attached hydrogen (secondary N) is 1. The molecule has 2 atom stereocenters. The summed E-state index contributed by atoms with van der Waals surface area (Å²) >= 11 is 1.36. The normalized spacial score (nSPS) is 26.5. The molecule has 3 N–H and O–H groups in total. The predicted octanol–water partition coefficient (Wildman–Crippen LogP) is 0.233. The van der Waals surface area contributed by atoms with E-state index in [1.807, 2.05) is 0 Å². The largest absolute Gasteiger partial charge is 0.372 e. The number of sulfonamides is 1. The van der Waals surface area contributed by atoms with E-state index in [9.17, 15) is 8.42 Å². The van der Waals surface area contributed by atoms with Crippen molar-refractivity contribution >= 4 is 32.1 Å². The number of morpholine rings is 1. The van der Waals surface area contributed by atoms with Gasteiger partial charge in [0, 0.05) is 24.7 Å². The summed E-state index contributed by atoms with van der Waals surface area (Å²) in [6, 6.07) is 0. The maximum atomic E-state index is 13.0. The lowest BCUT2D eigenvalue weighted by Crippen LogP contribution is -2.46. The molecule has 0 amide bonds. The molecule has 4 rings (SSSR count). The number of hydrogen-bond donors (Lipinski definition) is 2. The second-order valence-corrected chi connectivity index (χ2v) is 7.97. The van der Waals surface area contributed by atoms with Crippen LogP contribution in [0, 0.1) is 0 Å². The fourth-order valence-electron chi connectivity index (χ4n) is 3.00. The summed E-state index contributed by atoms with van der Waals surface area (Å²) in [5.74, 6) is 5.62. The van der Waals surface area contributed by atoms with Crippen LogP contribution in [0.5, 0.6) is 0 Å². The predicted molar refractivity (Wildman–Crippen MR) is 77.5 cm³/mol. The fraction of sp³-hybridized carbons (Fsp3) is 0.545. The quantitative estimate of drug-likeness (QED) is 0.617. The zero-order chi connectivity index (χ0) is 14.6. The highest BCUT2D eigenvalue weighted by atomic mass is 32.2. The average molecular weight is 329 g/mol. The monoisotopic (exact) mass is 329 g/mol. The Balaban J connectivity index is 1.81. The summed E-state index contributed by atoms with van der Waals surface area (Å²) in [5, 5.41) is 1.90. The first-order chi connectivity index (χ1) is 10.1. The number of nitrogens with two attached hydrogens (primary N) is 1. The topological polar surface area (TPSA) is 102 Å². The third-order valence-electron chi connectivity index (χ3n) is 3.95. The second-order valence-electron chi connectivity index (χ2n) is 5.24. The molecule has 0 aromatic carbocycles. The third kappa shape index (κ3) is 1.98. The van der Waals surface area contributed by atoms with Crippen molar-refractivity contribution in [1.29, 1.82) is 0 Å². The SMILES string of the molecule is NNc1nc2sccn2c1S(=O)(=O)N1CC2CCC(C1)O2. The van der Waals surface area contributed by atoms with Gasteiger partial charge < -0.3 is 10.2 Å². The number of hydrazine groups is 1. The minimum Gasteiger partial charge on any atom is -0.372 e. The Labute approximate surface area is 125 Å². The van der Waals surface area contributed by atoms with Crippen molar-refractivity contribution in [3.8, 4) is 0 Å². The summed E-state index contributed by atoms with van der Waals surface area (Å²) in [6.07, 6.45) is 3.52. The Hall–Kier alpha value is -1.20. The van der Waals surface area contributed by atoms with Gasteiger partial charge in [0.1, 0.15) is 0 Å². The molecule has 0 radical (unpaired) electrons. The van der Waals surface area contributed by atoms with Crippen molar-refractivity contribution in [2.75, 3.05) is 18.5 Å². The summed E-state index contributed by atoms with van der Waals surface area (Å²) in [7, 11) is -3.67. The van der Waals surface area contributed by atoms with E-state index in [4.69, 9.17) is 10.6 Å². The van der Waals surface area contributed by atoms with Gasteiger partial charge in [-0.2, -0.15) is 9.29 Å². The van der Waals surface area contributed by atoms with Crippen LogP contribution in [0.15, 0.2) is 16.6 Å². The minimum atomic E-state index is -3.67. The zero-order valence-corrected chi connectivity index (χ0v) is 12.7. The minimum absolute atomic E-state index is 0.00121. The van der Waals surface area contributed by atoms with Crippen molar-refractivity contribution in [2.45, 2.75) is 30.1 Å². The van der Waals surface area contributed by atoms with Crippen molar-refractivity contribution in [2.24, 2.45) is 5.84 Å². The molecular formula is C11H15N5O3S2. The van der Waals surface area contributed by atoms with Crippen molar-refractivity contribution in [3.05, 3.63) is 11.6 Å². The van der Waals surface area contributed by atoms with E-state index in [1.165, 1.54) is 15.6 Å². The van der Waals surface area contributed by atoms with Crippen molar-refractivity contribution in [1.82, 2.24) is 13.7 Å². The molecule has 2 aliphatic rings. The smallest absolute Gasteiger partial charge is 0.263 e. The van der Waals surface area contributed by atoms with Gasteiger partial charge in [-0.05, 0) is 12.8 Å². The highest BCUT2D eigenvalue weighted by Crippen LogP contribution is 2.33. The van der Waals surface area contributed by atoms with Crippen LogP contribution in [-0.4, -0.2) is 47.4 Å². The maximum Gasteiger partial charge on any atom is 0.263 e. The molecule has 2 bridgehead atoms. The van der Waals surface area contributed by atoms with Crippen LogP contribution in [0.25, 0.3) is 4.96 Å². The van der Waals surface area contributed by atoms with Crippen LogP contribution in [0.4, 0.5) is 5.82 Å². The van der Waals surface area contributed by atoms with E-state index in [1.54, 1.807) is 16.0 Å². The number of rotatable bonds is 3. The molecule has 0 spiro atoms. The molecule has 0 saturated carbocycles. The number of imidazole rings is 1. The highest BCUT2D eigenvalue weighted by molar-refractivity contribution is 7.89. The van der Waals surface area contributed by atoms with Crippen LogP contribution in [0.3, 0.4) is 0 Å². The van der Waals surface area contributed by atoms with Gasteiger partial charge in [0.15, 0.2) is 10.8 Å². The Morgan fingerprint density at radius 3 is 2.76 bits per heavy atom. The number of nitrogen functional groups attached to an aromatic ring is 1. The van der Waals surface area contributed by atoms with E-state index in [-0.39, 0.29) is 23.1 Å². The van der Waals surface area contributed by atoms with E-state index in [0.717, 1.165) is 12.8 Å². The van der Waals surface area contributed by atoms with Crippen LogP contribution in [0.1, 0.15) is 12.8 Å². The molecule has 4 heterocycles. The summed E-state index contributed by atoms with van der Waals surface area (Å²) in [6.45, 7) is 0.778. The molecule has 2 fully saturated rings. The van der Waals surface area contributed by atoms with Gasteiger partial charge in [-0.3, -0.25) is 4.40 Å². The number of ether oxygens (including phenoxy) is 1. The first-order valence-electron chi connectivity index (χ1n) is 6.67. The molecule has 2 aliphatic heterocycles. The number of anilines is 1. The Kier molecular flexibility index (Phi) is 2.98. The molecule has 2 saturated heterocycles. The van der Waals surface area contributed by atoms with E-state index >= 15 is 0 Å². The first kappa shape index (κ1) is 13.5.